The van der Waals surface area contributed by atoms with Crippen LogP contribution in [0.1, 0.15) is 168 Å². The van der Waals surface area contributed by atoms with E-state index in [1.165, 1.54) is 83.5 Å². The lowest BCUT2D eigenvalue weighted by Gasteiger charge is -2.39. The maximum atomic E-state index is 12.7. The molecule has 0 aromatic heterocycles. The molecule has 1 aliphatic heterocycles. The molecule has 1 fully saturated rings. The average Bonchev–Trinajstić information content (AvgIpc) is 3.18. The van der Waals surface area contributed by atoms with E-state index in [1.807, 2.05) is 6.08 Å². The molecule has 10 nitrogen and oxygen atoms in total. The van der Waals surface area contributed by atoms with Gasteiger partial charge in [0, 0.05) is 12.8 Å². The SMILES string of the molecule is CCCCCC=CCC=CCC=CCC=CCCCC(=O)OCC(COC1OC(CO)C(O)C(O)C1O)OC(=O)CCCCCCCCCCCCCCC. The van der Waals surface area contributed by atoms with Crippen molar-refractivity contribution in [2.75, 3.05) is 19.8 Å². The summed E-state index contributed by atoms with van der Waals surface area (Å²) in [5, 5.41) is 40.0. The molecular formula is C45H78O10. The molecule has 6 unspecified atom stereocenters. The van der Waals surface area contributed by atoms with Gasteiger partial charge >= 0.3 is 11.9 Å². The van der Waals surface area contributed by atoms with E-state index in [1.54, 1.807) is 0 Å². The van der Waals surface area contributed by atoms with Crippen molar-refractivity contribution < 1.29 is 49.0 Å². The number of aliphatic hydroxyl groups is 4. The number of carbonyl (C=O) groups is 2. The number of allylic oxidation sites excluding steroid dienone is 8. The lowest BCUT2D eigenvalue weighted by molar-refractivity contribution is -0.305. The van der Waals surface area contributed by atoms with Crippen LogP contribution in [0.2, 0.25) is 0 Å². The summed E-state index contributed by atoms with van der Waals surface area (Å²) in [4.78, 5) is 25.2. The summed E-state index contributed by atoms with van der Waals surface area (Å²) in [5.41, 5.74) is 0. The molecule has 0 bridgehead atoms. The number of hydrogen-bond donors (Lipinski definition) is 4. The second kappa shape index (κ2) is 36.0. The molecule has 4 N–H and O–H groups in total. The number of esters is 2. The van der Waals surface area contributed by atoms with Crippen LogP contribution in [0, 0.1) is 0 Å². The van der Waals surface area contributed by atoms with E-state index in [9.17, 15) is 30.0 Å². The highest BCUT2D eigenvalue weighted by molar-refractivity contribution is 5.70. The Kier molecular flexibility index (Phi) is 33.2. The number of unbranched alkanes of at least 4 members (excludes halogenated alkanes) is 16. The summed E-state index contributed by atoms with van der Waals surface area (Å²) < 4.78 is 22.1. The number of hydrogen-bond acceptors (Lipinski definition) is 10. The van der Waals surface area contributed by atoms with Gasteiger partial charge in [-0.3, -0.25) is 9.59 Å². The van der Waals surface area contributed by atoms with Crippen molar-refractivity contribution in [3.63, 3.8) is 0 Å². The highest BCUT2D eigenvalue weighted by Gasteiger charge is 2.44. The minimum Gasteiger partial charge on any atom is -0.462 e. The van der Waals surface area contributed by atoms with E-state index in [0.717, 1.165) is 44.9 Å². The highest BCUT2D eigenvalue weighted by atomic mass is 16.7. The molecule has 1 rings (SSSR count). The number of ether oxygens (including phenoxy) is 4. The van der Waals surface area contributed by atoms with Crippen LogP contribution >= 0.6 is 0 Å². The van der Waals surface area contributed by atoms with Crippen molar-refractivity contribution in [2.24, 2.45) is 0 Å². The van der Waals surface area contributed by atoms with Crippen molar-refractivity contribution in [1.29, 1.82) is 0 Å². The van der Waals surface area contributed by atoms with Crippen LogP contribution in [-0.2, 0) is 28.5 Å². The van der Waals surface area contributed by atoms with Gasteiger partial charge in [0.2, 0.25) is 0 Å². The Balaban J connectivity index is 2.39. The lowest BCUT2D eigenvalue weighted by Crippen LogP contribution is -2.59. The van der Waals surface area contributed by atoms with Gasteiger partial charge < -0.3 is 39.4 Å². The molecule has 0 saturated carbocycles. The maximum Gasteiger partial charge on any atom is 0.306 e. The van der Waals surface area contributed by atoms with Crippen LogP contribution in [0.25, 0.3) is 0 Å². The van der Waals surface area contributed by atoms with E-state index < -0.39 is 55.4 Å². The molecule has 1 aliphatic rings. The van der Waals surface area contributed by atoms with Gasteiger partial charge in [-0.15, -0.1) is 0 Å². The normalized spacial score (nSPS) is 21.0. The first-order valence-electron chi connectivity index (χ1n) is 21.7. The molecule has 318 valence electrons. The minimum atomic E-state index is -1.60. The van der Waals surface area contributed by atoms with Crippen LogP contribution in [0.5, 0.6) is 0 Å². The fraction of sp³-hybridized carbons (Fsp3) is 0.778. The van der Waals surface area contributed by atoms with Gasteiger partial charge in [0.25, 0.3) is 0 Å². The minimum absolute atomic E-state index is 0.200. The Labute approximate surface area is 333 Å². The summed E-state index contributed by atoms with van der Waals surface area (Å²) in [5.74, 6) is -0.872. The number of aliphatic hydroxyl groups excluding tert-OH is 4. The third-order valence-electron chi connectivity index (χ3n) is 9.72. The molecule has 10 heteroatoms. The van der Waals surface area contributed by atoms with Crippen molar-refractivity contribution in [3.05, 3.63) is 48.6 Å². The number of rotatable bonds is 35. The molecule has 0 radical (unpaired) electrons. The van der Waals surface area contributed by atoms with Crippen LogP contribution in [0.15, 0.2) is 48.6 Å². The molecule has 55 heavy (non-hydrogen) atoms. The lowest BCUT2D eigenvalue weighted by atomic mass is 9.99. The molecular weight excluding hydrogens is 700 g/mol. The fourth-order valence-corrected chi connectivity index (χ4v) is 6.24. The first kappa shape index (κ1) is 50.7. The van der Waals surface area contributed by atoms with Crippen LogP contribution < -0.4 is 0 Å². The molecule has 0 aliphatic carbocycles. The van der Waals surface area contributed by atoms with E-state index >= 15 is 0 Å². The van der Waals surface area contributed by atoms with Gasteiger partial charge in [-0.2, -0.15) is 0 Å². The fourth-order valence-electron chi connectivity index (χ4n) is 6.24. The van der Waals surface area contributed by atoms with Gasteiger partial charge in [-0.1, -0.05) is 152 Å². The van der Waals surface area contributed by atoms with Crippen LogP contribution in [-0.4, -0.2) is 89.0 Å². The molecule has 0 aromatic carbocycles. The molecule has 0 aromatic rings. The Morgan fingerprint density at radius 3 is 1.58 bits per heavy atom. The summed E-state index contributed by atoms with van der Waals surface area (Å²) in [6.45, 7) is 3.33. The van der Waals surface area contributed by atoms with Gasteiger partial charge in [0.15, 0.2) is 12.4 Å². The van der Waals surface area contributed by atoms with Crippen molar-refractivity contribution in [3.8, 4) is 0 Å². The summed E-state index contributed by atoms with van der Waals surface area (Å²) in [7, 11) is 0. The second-order valence-electron chi connectivity index (χ2n) is 14.8. The van der Waals surface area contributed by atoms with E-state index in [4.69, 9.17) is 18.9 Å². The molecule has 1 heterocycles. The first-order valence-corrected chi connectivity index (χ1v) is 21.7. The largest absolute Gasteiger partial charge is 0.462 e. The first-order chi connectivity index (χ1) is 26.8. The molecule has 1 saturated heterocycles. The van der Waals surface area contributed by atoms with E-state index in [2.05, 4.69) is 56.4 Å². The summed E-state index contributed by atoms with van der Waals surface area (Å²) in [6, 6.07) is 0. The Bertz CT molecular complexity index is 1040. The summed E-state index contributed by atoms with van der Waals surface area (Å²) >= 11 is 0. The Morgan fingerprint density at radius 1 is 0.564 bits per heavy atom. The van der Waals surface area contributed by atoms with Crippen molar-refractivity contribution in [2.45, 2.75) is 205 Å². The Morgan fingerprint density at radius 2 is 1.04 bits per heavy atom. The zero-order chi connectivity index (χ0) is 40.2. The standard InChI is InChI=1S/C45H78O10/c1-3-5-7-9-11-13-15-17-18-19-20-22-23-25-27-29-31-33-40(47)52-36-38(37-53-45-44(51)43(50)42(49)39(35-46)55-45)54-41(48)34-32-30-28-26-24-21-16-14-12-10-8-6-4-2/h11,13,17-18,20,22,25,27,38-39,42-46,49-51H,3-10,12,14-16,19,21,23-24,26,28-37H2,1-2H3. The van der Waals surface area contributed by atoms with Crippen molar-refractivity contribution >= 4 is 11.9 Å². The molecule has 0 spiro atoms. The van der Waals surface area contributed by atoms with E-state index in [0.29, 0.717) is 12.8 Å². The predicted molar refractivity (Wildman–Crippen MR) is 219 cm³/mol. The van der Waals surface area contributed by atoms with E-state index in [-0.39, 0.29) is 26.1 Å². The van der Waals surface area contributed by atoms with Gasteiger partial charge in [0.1, 0.15) is 31.0 Å². The topological polar surface area (TPSA) is 152 Å². The molecule has 6 atom stereocenters. The van der Waals surface area contributed by atoms with Crippen LogP contribution in [0.4, 0.5) is 0 Å². The third kappa shape index (κ3) is 27.8. The third-order valence-corrected chi connectivity index (χ3v) is 9.72. The number of carbonyl (C=O) groups excluding carboxylic acids is 2. The average molecular weight is 779 g/mol. The van der Waals surface area contributed by atoms with Gasteiger partial charge in [-0.25, -0.2) is 0 Å². The van der Waals surface area contributed by atoms with Crippen LogP contribution in [0.3, 0.4) is 0 Å². The van der Waals surface area contributed by atoms with Crippen molar-refractivity contribution in [1.82, 2.24) is 0 Å². The zero-order valence-corrected chi connectivity index (χ0v) is 34.4. The maximum absolute atomic E-state index is 12.7. The highest BCUT2D eigenvalue weighted by Crippen LogP contribution is 2.22. The van der Waals surface area contributed by atoms with Gasteiger partial charge in [-0.05, 0) is 51.4 Å². The smallest absolute Gasteiger partial charge is 0.306 e. The molecule has 0 amide bonds. The Hall–Kier alpha value is -2.34. The predicted octanol–water partition coefficient (Wildman–Crippen LogP) is 8.88. The summed E-state index contributed by atoms with van der Waals surface area (Å²) in [6.07, 6.45) is 34.1. The monoisotopic (exact) mass is 779 g/mol. The second-order valence-corrected chi connectivity index (χ2v) is 14.8. The zero-order valence-electron chi connectivity index (χ0n) is 34.4. The quantitative estimate of drug-likeness (QED) is 0.0279. The van der Waals surface area contributed by atoms with Gasteiger partial charge in [0.05, 0.1) is 13.2 Å².